The standard InChI is InChI=1S/C17H14ClN3O2/c18-14-8-6-13(7-9-14)10-19-21-12-16(22)20(11-17(21)23)15-4-2-1-3-5-15/h1-10H,11-12H2. The lowest BCUT2D eigenvalue weighted by molar-refractivity contribution is -0.138. The van der Waals surface area contributed by atoms with Crippen LogP contribution in [0, 0.1) is 0 Å². The van der Waals surface area contributed by atoms with Crippen LogP contribution in [-0.2, 0) is 9.59 Å². The smallest absolute Gasteiger partial charge is 0.263 e. The molecule has 0 spiro atoms. The molecule has 0 aromatic heterocycles. The van der Waals surface area contributed by atoms with Gasteiger partial charge in [-0.1, -0.05) is 41.9 Å². The number of anilines is 1. The summed E-state index contributed by atoms with van der Waals surface area (Å²) in [6, 6.07) is 16.2. The van der Waals surface area contributed by atoms with Crippen LogP contribution in [0.15, 0.2) is 59.7 Å². The van der Waals surface area contributed by atoms with Crippen molar-refractivity contribution in [2.75, 3.05) is 18.0 Å². The van der Waals surface area contributed by atoms with E-state index in [1.165, 1.54) is 9.91 Å². The van der Waals surface area contributed by atoms with Gasteiger partial charge in [0.05, 0.1) is 6.21 Å². The van der Waals surface area contributed by atoms with Crippen molar-refractivity contribution in [1.82, 2.24) is 5.01 Å². The van der Waals surface area contributed by atoms with Crippen molar-refractivity contribution in [3.63, 3.8) is 0 Å². The van der Waals surface area contributed by atoms with Gasteiger partial charge in [0, 0.05) is 10.7 Å². The average Bonchev–Trinajstić information content (AvgIpc) is 2.57. The predicted octanol–water partition coefficient (Wildman–Crippen LogP) is 2.55. The van der Waals surface area contributed by atoms with E-state index in [1.54, 1.807) is 42.6 Å². The summed E-state index contributed by atoms with van der Waals surface area (Å²) in [5, 5.41) is 5.93. The van der Waals surface area contributed by atoms with Crippen molar-refractivity contribution >= 4 is 35.3 Å². The molecule has 5 nitrogen and oxygen atoms in total. The Labute approximate surface area is 138 Å². The zero-order chi connectivity index (χ0) is 16.2. The quantitative estimate of drug-likeness (QED) is 0.813. The van der Waals surface area contributed by atoms with E-state index >= 15 is 0 Å². The third-order valence-corrected chi connectivity index (χ3v) is 3.70. The number of carbonyl (C=O) groups is 2. The molecule has 6 heteroatoms. The molecule has 0 aliphatic carbocycles. The largest absolute Gasteiger partial charge is 0.301 e. The van der Waals surface area contributed by atoms with Gasteiger partial charge in [0.2, 0.25) is 5.91 Å². The minimum absolute atomic E-state index is 0.0131. The highest BCUT2D eigenvalue weighted by molar-refractivity contribution is 6.30. The van der Waals surface area contributed by atoms with Gasteiger partial charge in [-0.05, 0) is 29.8 Å². The van der Waals surface area contributed by atoms with Crippen LogP contribution in [0.4, 0.5) is 5.69 Å². The summed E-state index contributed by atoms with van der Waals surface area (Å²) in [5.74, 6) is -0.386. The third kappa shape index (κ3) is 3.57. The summed E-state index contributed by atoms with van der Waals surface area (Å²) in [7, 11) is 0. The zero-order valence-electron chi connectivity index (χ0n) is 12.2. The molecular weight excluding hydrogens is 314 g/mol. The van der Waals surface area contributed by atoms with Gasteiger partial charge in [-0.3, -0.25) is 9.59 Å². The van der Waals surface area contributed by atoms with Crippen LogP contribution in [0.2, 0.25) is 5.02 Å². The van der Waals surface area contributed by atoms with Gasteiger partial charge in [0.25, 0.3) is 5.91 Å². The molecule has 1 saturated heterocycles. The molecule has 3 rings (SSSR count). The first-order valence-corrected chi connectivity index (χ1v) is 7.46. The highest BCUT2D eigenvalue weighted by atomic mass is 35.5. The molecule has 1 aliphatic heterocycles. The first-order valence-electron chi connectivity index (χ1n) is 7.09. The fourth-order valence-corrected chi connectivity index (χ4v) is 2.37. The molecule has 0 atom stereocenters. The minimum Gasteiger partial charge on any atom is -0.301 e. The Morgan fingerprint density at radius 1 is 0.913 bits per heavy atom. The van der Waals surface area contributed by atoms with Gasteiger partial charge in [-0.15, -0.1) is 0 Å². The normalized spacial score (nSPS) is 15.5. The second kappa shape index (κ2) is 6.62. The highest BCUT2D eigenvalue weighted by Gasteiger charge is 2.30. The third-order valence-electron chi connectivity index (χ3n) is 3.45. The zero-order valence-corrected chi connectivity index (χ0v) is 13.0. The summed E-state index contributed by atoms with van der Waals surface area (Å²) in [6.07, 6.45) is 1.54. The number of hydrazone groups is 1. The Hall–Kier alpha value is -2.66. The molecule has 0 saturated carbocycles. The van der Waals surface area contributed by atoms with E-state index < -0.39 is 0 Å². The SMILES string of the molecule is O=C1CN(c2ccccc2)C(=O)CN1N=Cc1ccc(Cl)cc1. The fraction of sp³-hybridized carbons (Fsp3) is 0.118. The number of benzene rings is 2. The number of hydrogen-bond donors (Lipinski definition) is 0. The maximum atomic E-state index is 12.2. The van der Waals surface area contributed by atoms with Gasteiger partial charge in [0.1, 0.15) is 13.1 Å². The summed E-state index contributed by atoms with van der Waals surface area (Å²) in [6.45, 7) is -0.0847. The van der Waals surface area contributed by atoms with Crippen molar-refractivity contribution in [2.24, 2.45) is 5.10 Å². The molecule has 2 amide bonds. The van der Waals surface area contributed by atoms with Crippen LogP contribution in [0.3, 0.4) is 0 Å². The maximum Gasteiger partial charge on any atom is 0.263 e. The van der Waals surface area contributed by atoms with Gasteiger partial charge in [-0.25, -0.2) is 5.01 Å². The highest BCUT2D eigenvalue weighted by Crippen LogP contribution is 2.17. The lowest BCUT2D eigenvalue weighted by atomic mass is 10.2. The number of carbonyl (C=O) groups excluding carboxylic acids is 2. The van der Waals surface area contributed by atoms with Crippen molar-refractivity contribution < 1.29 is 9.59 Å². The summed E-state index contributed by atoms with van der Waals surface area (Å²) < 4.78 is 0. The van der Waals surface area contributed by atoms with Gasteiger partial charge >= 0.3 is 0 Å². The summed E-state index contributed by atoms with van der Waals surface area (Å²) >= 11 is 5.82. The first kappa shape index (κ1) is 15.2. The number of amides is 2. The Kier molecular flexibility index (Phi) is 4.39. The molecule has 1 heterocycles. The van der Waals surface area contributed by atoms with Crippen LogP contribution in [0.25, 0.3) is 0 Å². The van der Waals surface area contributed by atoms with E-state index in [0.29, 0.717) is 10.7 Å². The van der Waals surface area contributed by atoms with Crippen molar-refractivity contribution in [3.8, 4) is 0 Å². The molecule has 0 radical (unpaired) electrons. The molecule has 1 fully saturated rings. The van der Waals surface area contributed by atoms with Crippen LogP contribution in [0.5, 0.6) is 0 Å². The Morgan fingerprint density at radius 3 is 2.30 bits per heavy atom. The monoisotopic (exact) mass is 327 g/mol. The van der Waals surface area contributed by atoms with Gasteiger partial charge < -0.3 is 4.90 Å². The van der Waals surface area contributed by atoms with E-state index in [2.05, 4.69) is 5.10 Å². The average molecular weight is 328 g/mol. The van der Waals surface area contributed by atoms with E-state index in [1.807, 2.05) is 18.2 Å². The molecule has 23 heavy (non-hydrogen) atoms. The van der Waals surface area contributed by atoms with Gasteiger partial charge in [0.15, 0.2) is 0 Å². The van der Waals surface area contributed by atoms with Crippen molar-refractivity contribution in [2.45, 2.75) is 0 Å². The van der Waals surface area contributed by atoms with E-state index in [4.69, 9.17) is 11.6 Å². The topological polar surface area (TPSA) is 53.0 Å². The number of piperazine rings is 1. The van der Waals surface area contributed by atoms with Crippen LogP contribution in [-0.4, -0.2) is 36.1 Å². The number of halogens is 1. The van der Waals surface area contributed by atoms with E-state index in [9.17, 15) is 9.59 Å². The van der Waals surface area contributed by atoms with Crippen LogP contribution < -0.4 is 4.90 Å². The summed E-state index contributed by atoms with van der Waals surface area (Å²) in [4.78, 5) is 25.9. The Bertz CT molecular complexity index is 744. The van der Waals surface area contributed by atoms with E-state index in [-0.39, 0.29) is 24.9 Å². The Balaban J connectivity index is 1.71. The van der Waals surface area contributed by atoms with Crippen LogP contribution >= 0.6 is 11.6 Å². The minimum atomic E-state index is -0.223. The molecule has 0 unspecified atom stereocenters. The second-order valence-electron chi connectivity index (χ2n) is 5.06. The maximum absolute atomic E-state index is 12.2. The van der Waals surface area contributed by atoms with E-state index in [0.717, 1.165) is 5.56 Å². The van der Waals surface area contributed by atoms with Crippen molar-refractivity contribution in [1.29, 1.82) is 0 Å². The van der Waals surface area contributed by atoms with Gasteiger partial charge in [-0.2, -0.15) is 5.10 Å². The number of hydrogen-bond acceptors (Lipinski definition) is 3. The molecule has 0 N–H and O–H groups in total. The molecule has 2 aromatic carbocycles. The molecule has 0 bridgehead atoms. The second-order valence-corrected chi connectivity index (χ2v) is 5.50. The predicted molar refractivity (Wildman–Crippen MR) is 89.6 cm³/mol. The first-order chi connectivity index (χ1) is 11.1. The summed E-state index contributed by atoms with van der Waals surface area (Å²) in [5.41, 5.74) is 1.52. The number of para-hydroxylation sites is 1. The number of nitrogens with zero attached hydrogens (tertiary/aromatic N) is 3. The molecule has 116 valence electrons. The number of rotatable bonds is 3. The van der Waals surface area contributed by atoms with Crippen LogP contribution in [0.1, 0.15) is 5.56 Å². The lowest BCUT2D eigenvalue weighted by Crippen LogP contribution is -2.52. The lowest BCUT2D eigenvalue weighted by Gasteiger charge is -2.31. The molecular formula is C17H14ClN3O2. The van der Waals surface area contributed by atoms with Crippen molar-refractivity contribution in [3.05, 3.63) is 65.2 Å². The molecule has 2 aromatic rings. The molecule has 1 aliphatic rings. The Morgan fingerprint density at radius 2 is 1.61 bits per heavy atom. The fourth-order valence-electron chi connectivity index (χ4n) is 2.24.